The van der Waals surface area contributed by atoms with E-state index in [1.165, 1.54) is 23.1 Å². The number of nitrogens with two attached hydrogens (primary N) is 1. The molecule has 1 unspecified atom stereocenters. The number of benzene rings is 1. The van der Waals surface area contributed by atoms with Gasteiger partial charge in [-0.05, 0) is 45.9 Å². The van der Waals surface area contributed by atoms with Crippen LogP contribution in [0.2, 0.25) is 5.02 Å². The number of nitrogens with one attached hydrogen (secondary N) is 1. The number of fused-ring (bicyclic) bond motifs is 1. The Kier molecular flexibility index (Phi) is 5.10. The predicted octanol–water partition coefficient (Wildman–Crippen LogP) is 3.15. The molecule has 0 bridgehead atoms. The highest BCUT2D eigenvalue weighted by Crippen LogP contribution is 2.32. The molecular weight excluding hydrogens is 385 g/mol. The average Bonchev–Trinajstić information content (AvgIpc) is 2.93. The Balaban J connectivity index is 2.17. The minimum absolute atomic E-state index is 0.0576. The fourth-order valence-electron chi connectivity index (χ4n) is 3.26. The van der Waals surface area contributed by atoms with Gasteiger partial charge in [-0.1, -0.05) is 11.6 Å². The van der Waals surface area contributed by atoms with Crippen LogP contribution in [0.4, 0.5) is 9.18 Å². The number of nitrogens with zero attached hydrogens (tertiary/aromatic N) is 3. The molecule has 1 aliphatic heterocycles. The van der Waals surface area contributed by atoms with E-state index in [-0.39, 0.29) is 23.5 Å². The molecular formula is C19H23ClFN5O2. The van der Waals surface area contributed by atoms with Gasteiger partial charge < -0.3 is 16.0 Å². The summed E-state index contributed by atoms with van der Waals surface area (Å²) in [5.41, 5.74) is 6.83. The van der Waals surface area contributed by atoms with Gasteiger partial charge in [0.05, 0.1) is 35.4 Å². The molecule has 1 aliphatic rings. The number of amides is 3. The fourth-order valence-corrected chi connectivity index (χ4v) is 3.44. The first-order valence-corrected chi connectivity index (χ1v) is 9.29. The number of carbonyl (C=O) groups excluding carboxylic acids is 2. The summed E-state index contributed by atoms with van der Waals surface area (Å²) in [5.74, 6) is -0.883. The predicted molar refractivity (Wildman–Crippen MR) is 104 cm³/mol. The minimum Gasteiger partial charge on any atom is -0.351 e. The van der Waals surface area contributed by atoms with Crippen molar-refractivity contribution in [2.75, 3.05) is 0 Å². The lowest BCUT2D eigenvalue weighted by atomic mass is 10.0. The zero-order valence-electron chi connectivity index (χ0n) is 16.2. The topological polar surface area (TPSA) is 93.2 Å². The Hall–Kier alpha value is -2.61. The van der Waals surface area contributed by atoms with Crippen molar-refractivity contribution in [3.8, 4) is 11.3 Å². The standard InChI is InChI=1S/C19H23ClFN5O2/c1-10-8-26-14(9-25(10)18(22)28)15(17(27)23-19(2,3)4)16(24-26)11-5-6-13(21)12(20)7-11/h5-7,10H,8-9H2,1-4H3,(H2,22,28)(H,23,27). The molecule has 2 heterocycles. The van der Waals surface area contributed by atoms with Crippen molar-refractivity contribution in [1.82, 2.24) is 20.0 Å². The summed E-state index contributed by atoms with van der Waals surface area (Å²) in [6.07, 6.45) is 0. The second-order valence-electron chi connectivity index (χ2n) is 8.00. The monoisotopic (exact) mass is 407 g/mol. The van der Waals surface area contributed by atoms with Crippen LogP contribution in [0, 0.1) is 5.82 Å². The molecule has 1 atom stereocenters. The van der Waals surface area contributed by atoms with Crippen LogP contribution in [0.1, 0.15) is 43.7 Å². The summed E-state index contributed by atoms with van der Waals surface area (Å²) in [4.78, 5) is 26.4. The lowest BCUT2D eigenvalue weighted by Crippen LogP contribution is -2.48. The van der Waals surface area contributed by atoms with E-state index in [0.717, 1.165) is 0 Å². The number of hydrogen-bond donors (Lipinski definition) is 2. The van der Waals surface area contributed by atoms with Crippen molar-refractivity contribution in [3.63, 3.8) is 0 Å². The van der Waals surface area contributed by atoms with Gasteiger partial charge >= 0.3 is 6.03 Å². The molecule has 3 amide bonds. The molecule has 0 spiro atoms. The second kappa shape index (κ2) is 7.09. The third-order valence-corrected chi connectivity index (χ3v) is 4.83. The number of rotatable bonds is 2. The van der Waals surface area contributed by atoms with Gasteiger partial charge in [0.2, 0.25) is 0 Å². The van der Waals surface area contributed by atoms with Crippen molar-refractivity contribution in [2.24, 2.45) is 5.73 Å². The summed E-state index contributed by atoms with van der Waals surface area (Å²) in [5, 5.41) is 7.45. The summed E-state index contributed by atoms with van der Waals surface area (Å²) in [6.45, 7) is 8.01. The molecule has 0 fully saturated rings. The van der Waals surface area contributed by atoms with Crippen molar-refractivity contribution >= 4 is 23.5 Å². The molecule has 3 rings (SSSR count). The second-order valence-corrected chi connectivity index (χ2v) is 8.41. The van der Waals surface area contributed by atoms with Gasteiger partial charge in [-0.25, -0.2) is 9.18 Å². The Morgan fingerprint density at radius 1 is 1.36 bits per heavy atom. The summed E-state index contributed by atoms with van der Waals surface area (Å²) in [7, 11) is 0. The molecule has 0 aliphatic carbocycles. The molecule has 1 aromatic carbocycles. The highest BCUT2D eigenvalue weighted by molar-refractivity contribution is 6.31. The maximum atomic E-state index is 13.6. The van der Waals surface area contributed by atoms with Gasteiger partial charge in [-0.15, -0.1) is 0 Å². The number of halogens is 2. The molecule has 0 saturated heterocycles. The van der Waals surface area contributed by atoms with E-state index >= 15 is 0 Å². The first-order valence-electron chi connectivity index (χ1n) is 8.91. The van der Waals surface area contributed by atoms with Crippen LogP contribution in [-0.4, -0.2) is 38.2 Å². The highest BCUT2D eigenvalue weighted by Gasteiger charge is 2.34. The van der Waals surface area contributed by atoms with E-state index in [1.807, 2.05) is 27.7 Å². The largest absolute Gasteiger partial charge is 0.351 e. The van der Waals surface area contributed by atoms with E-state index in [2.05, 4.69) is 10.4 Å². The van der Waals surface area contributed by atoms with Crippen LogP contribution in [0.3, 0.4) is 0 Å². The van der Waals surface area contributed by atoms with Crippen LogP contribution >= 0.6 is 11.6 Å². The van der Waals surface area contributed by atoms with Gasteiger partial charge in [0, 0.05) is 11.1 Å². The van der Waals surface area contributed by atoms with Crippen LogP contribution in [-0.2, 0) is 13.1 Å². The maximum Gasteiger partial charge on any atom is 0.315 e. The van der Waals surface area contributed by atoms with E-state index in [9.17, 15) is 14.0 Å². The quantitative estimate of drug-likeness (QED) is 0.800. The molecule has 1 aromatic heterocycles. The Morgan fingerprint density at radius 2 is 2.04 bits per heavy atom. The van der Waals surface area contributed by atoms with E-state index in [0.29, 0.717) is 29.1 Å². The Labute approximate surface area is 167 Å². The summed E-state index contributed by atoms with van der Waals surface area (Å²) >= 11 is 5.94. The molecule has 9 heteroatoms. The molecule has 0 radical (unpaired) electrons. The Morgan fingerprint density at radius 3 is 2.61 bits per heavy atom. The zero-order chi connectivity index (χ0) is 20.8. The van der Waals surface area contributed by atoms with E-state index < -0.39 is 17.4 Å². The van der Waals surface area contributed by atoms with Crippen LogP contribution in [0.5, 0.6) is 0 Å². The molecule has 0 saturated carbocycles. The number of primary amides is 1. The van der Waals surface area contributed by atoms with Gasteiger partial charge in [-0.3, -0.25) is 9.48 Å². The number of aromatic nitrogens is 2. The van der Waals surface area contributed by atoms with Crippen molar-refractivity contribution < 1.29 is 14.0 Å². The minimum atomic E-state index is -0.562. The normalized spacial score (nSPS) is 16.6. The number of hydrogen-bond acceptors (Lipinski definition) is 3. The average molecular weight is 408 g/mol. The molecule has 150 valence electrons. The first-order chi connectivity index (χ1) is 13.0. The molecule has 3 N–H and O–H groups in total. The van der Waals surface area contributed by atoms with Crippen molar-refractivity contribution in [3.05, 3.63) is 40.3 Å². The molecule has 7 nitrogen and oxygen atoms in total. The van der Waals surface area contributed by atoms with Crippen molar-refractivity contribution in [2.45, 2.75) is 52.4 Å². The number of carbonyl (C=O) groups is 2. The first kappa shape index (κ1) is 20.1. The van der Waals surface area contributed by atoms with Crippen LogP contribution in [0.25, 0.3) is 11.3 Å². The third-order valence-electron chi connectivity index (χ3n) is 4.54. The smallest absolute Gasteiger partial charge is 0.315 e. The van der Waals surface area contributed by atoms with E-state index in [4.69, 9.17) is 17.3 Å². The number of urea groups is 1. The lowest BCUT2D eigenvalue weighted by molar-refractivity contribution is 0.0914. The molecule has 2 aromatic rings. The van der Waals surface area contributed by atoms with Gasteiger partial charge in [-0.2, -0.15) is 5.10 Å². The van der Waals surface area contributed by atoms with Crippen LogP contribution in [0.15, 0.2) is 18.2 Å². The van der Waals surface area contributed by atoms with Gasteiger partial charge in [0.1, 0.15) is 11.5 Å². The third kappa shape index (κ3) is 3.82. The summed E-state index contributed by atoms with van der Waals surface area (Å²) < 4.78 is 15.3. The maximum absolute atomic E-state index is 13.6. The van der Waals surface area contributed by atoms with Crippen LogP contribution < -0.4 is 11.1 Å². The summed E-state index contributed by atoms with van der Waals surface area (Å²) in [6, 6.07) is 3.47. The van der Waals surface area contributed by atoms with Crippen molar-refractivity contribution in [1.29, 1.82) is 0 Å². The SMILES string of the molecule is CC1Cn2nc(-c3ccc(F)c(Cl)c3)c(C(=O)NC(C)(C)C)c2CN1C(N)=O. The van der Waals surface area contributed by atoms with E-state index in [1.54, 1.807) is 4.68 Å². The Bertz CT molecular complexity index is 951. The zero-order valence-corrected chi connectivity index (χ0v) is 17.0. The fraction of sp³-hybridized carbons (Fsp3) is 0.421. The molecule has 28 heavy (non-hydrogen) atoms. The lowest BCUT2D eigenvalue weighted by Gasteiger charge is -2.33. The van der Waals surface area contributed by atoms with Gasteiger partial charge in [0.15, 0.2) is 0 Å². The van der Waals surface area contributed by atoms with Gasteiger partial charge in [0.25, 0.3) is 5.91 Å². The highest BCUT2D eigenvalue weighted by atomic mass is 35.5.